The maximum Gasteiger partial charge on any atom is 0.209 e. The van der Waals surface area contributed by atoms with Crippen molar-refractivity contribution in [1.82, 2.24) is 4.98 Å². The highest BCUT2D eigenvalue weighted by atomic mass is 19.1. The van der Waals surface area contributed by atoms with Crippen LogP contribution < -0.4 is 5.73 Å². The van der Waals surface area contributed by atoms with Crippen molar-refractivity contribution in [2.75, 3.05) is 5.73 Å². The summed E-state index contributed by atoms with van der Waals surface area (Å²) in [6, 6.07) is 10.8. The standard InChI is InChI=1S/C17H14FN3O/c1-9(19)13-7-10(2-4-14(13)20)17(22)16-8-11-6-12(18)3-5-15(11)21-16/h2-8,19,21H,20H2,1H3. The molecule has 0 aliphatic heterocycles. The first-order chi connectivity index (χ1) is 10.5. The number of fused-ring (bicyclic) bond motifs is 1. The van der Waals surface area contributed by atoms with Crippen LogP contribution in [-0.2, 0) is 0 Å². The van der Waals surface area contributed by atoms with E-state index in [2.05, 4.69) is 4.98 Å². The number of hydrogen-bond donors (Lipinski definition) is 3. The maximum absolute atomic E-state index is 13.2. The van der Waals surface area contributed by atoms with Crippen molar-refractivity contribution in [1.29, 1.82) is 5.41 Å². The van der Waals surface area contributed by atoms with Gasteiger partial charge in [0.15, 0.2) is 0 Å². The third kappa shape index (κ3) is 2.37. The lowest BCUT2D eigenvalue weighted by Crippen LogP contribution is -2.06. The van der Waals surface area contributed by atoms with Crippen LogP contribution in [0.2, 0.25) is 0 Å². The fraction of sp³-hybridized carbons (Fsp3) is 0.0588. The van der Waals surface area contributed by atoms with Crippen LogP contribution in [0.5, 0.6) is 0 Å². The van der Waals surface area contributed by atoms with Crippen LogP contribution in [0.25, 0.3) is 10.9 Å². The highest BCUT2D eigenvalue weighted by Gasteiger charge is 2.14. The molecular formula is C17H14FN3O. The van der Waals surface area contributed by atoms with Gasteiger partial charge in [-0.1, -0.05) is 0 Å². The summed E-state index contributed by atoms with van der Waals surface area (Å²) in [5, 5.41) is 8.33. The van der Waals surface area contributed by atoms with Crippen LogP contribution >= 0.6 is 0 Å². The Bertz CT molecular complexity index is 911. The molecule has 1 aromatic heterocycles. The van der Waals surface area contributed by atoms with Gasteiger partial charge in [-0.15, -0.1) is 0 Å². The molecule has 0 aliphatic carbocycles. The van der Waals surface area contributed by atoms with Crippen molar-refractivity contribution in [2.24, 2.45) is 0 Å². The van der Waals surface area contributed by atoms with Crippen molar-refractivity contribution in [3.63, 3.8) is 0 Å². The number of benzene rings is 2. The van der Waals surface area contributed by atoms with E-state index in [0.29, 0.717) is 39.1 Å². The Hall–Kier alpha value is -2.95. The molecule has 0 bridgehead atoms. The van der Waals surface area contributed by atoms with Crippen molar-refractivity contribution in [3.8, 4) is 0 Å². The molecule has 2 aromatic carbocycles. The van der Waals surface area contributed by atoms with E-state index >= 15 is 0 Å². The number of halogens is 1. The number of H-pyrrole nitrogens is 1. The molecule has 4 nitrogen and oxygen atoms in total. The van der Waals surface area contributed by atoms with E-state index in [1.165, 1.54) is 12.1 Å². The number of rotatable bonds is 3. The smallest absolute Gasteiger partial charge is 0.209 e. The van der Waals surface area contributed by atoms with E-state index in [0.717, 1.165) is 0 Å². The zero-order valence-corrected chi connectivity index (χ0v) is 11.9. The predicted octanol–water partition coefficient (Wildman–Crippen LogP) is 3.51. The number of aromatic nitrogens is 1. The van der Waals surface area contributed by atoms with Crippen LogP contribution in [0, 0.1) is 11.2 Å². The quantitative estimate of drug-likeness (QED) is 0.392. The summed E-state index contributed by atoms with van der Waals surface area (Å²) in [6.07, 6.45) is 0. The molecule has 0 aliphatic rings. The lowest BCUT2D eigenvalue weighted by atomic mass is 10.0. The van der Waals surface area contributed by atoms with Gasteiger partial charge in [-0.3, -0.25) is 4.79 Å². The summed E-state index contributed by atoms with van der Waals surface area (Å²) in [5.74, 6) is -0.571. The van der Waals surface area contributed by atoms with Gasteiger partial charge in [-0.25, -0.2) is 4.39 Å². The Morgan fingerprint density at radius 2 is 1.95 bits per heavy atom. The Morgan fingerprint density at radius 1 is 1.18 bits per heavy atom. The number of ketones is 1. The van der Waals surface area contributed by atoms with Crippen LogP contribution in [0.4, 0.5) is 10.1 Å². The second-order valence-electron chi connectivity index (χ2n) is 5.17. The molecule has 0 atom stereocenters. The molecule has 1 heterocycles. The Labute approximate surface area is 126 Å². The van der Waals surface area contributed by atoms with Gasteiger partial charge in [-0.05, 0) is 49.4 Å². The van der Waals surface area contributed by atoms with E-state index in [-0.39, 0.29) is 11.6 Å². The minimum atomic E-state index is -0.347. The van der Waals surface area contributed by atoms with Gasteiger partial charge < -0.3 is 16.1 Å². The molecule has 5 heteroatoms. The van der Waals surface area contributed by atoms with E-state index in [9.17, 15) is 9.18 Å². The van der Waals surface area contributed by atoms with E-state index in [4.69, 9.17) is 11.1 Å². The van der Waals surface area contributed by atoms with Gasteiger partial charge in [0.1, 0.15) is 5.82 Å². The minimum absolute atomic E-state index is 0.223. The molecule has 0 saturated carbocycles. The summed E-state index contributed by atoms with van der Waals surface area (Å²) in [7, 11) is 0. The van der Waals surface area contributed by atoms with Crippen molar-refractivity contribution in [3.05, 3.63) is 65.1 Å². The first kappa shape index (κ1) is 14.0. The Morgan fingerprint density at radius 3 is 2.68 bits per heavy atom. The third-order valence-electron chi connectivity index (χ3n) is 3.55. The molecule has 3 aromatic rings. The average Bonchev–Trinajstić information content (AvgIpc) is 2.89. The van der Waals surface area contributed by atoms with Crippen LogP contribution in [0.15, 0.2) is 42.5 Å². The summed E-state index contributed by atoms with van der Waals surface area (Å²) in [4.78, 5) is 15.5. The summed E-state index contributed by atoms with van der Waals surface area (Å²) >= 11 is 0. The first-order valence-electron chi connectivity index (χ1n) is 6.74. The van der Waals surface area contributed by atoms with Gasteiger partial charge >= 0.3 is 0 Å². The number of nitrogen functional groups attached to an aromatic ring is 1. The number of carbonyl (C=O) groups excluding carboxylic acids is 1. The maximum atomic E-state index is 13.2. The Balaban J connectivity index is 2.05. The predicted molar refractivity (Wildman–Crippen MR) is 85.0 cm³/mol. The fourth-order valence-corrected chi connectivity index (χ4v) is 2.40. The molecule has 0 unspecified atom stereocenters. The average molecular weight is 295 g/mol. The Kier molecular flexibility index (Phi) is 3.25. The van der Waals surface area contributed by atoms with E-state index < -0.39 is 0 Å². The summed E-state index contributed by atoms with van der Waals surface area (Å²) in [5.41, 5.74) is 8.60. The van der Waals surface area contributed by atoms with Crippen molar-refractivity contribution < 1.29 is 9.18 Å². The van der Waals surface area contributed by atoms with Gasteiger partial charge in [-0.2, -0.15) is 0 Å². The lowest BCUT2D eigenvalue weighted by molar-refractivity contribution is 0.103. The minimum Gasteiger partial charge on any atom is -0.398 e. The van der Waals surface area contributed by atoms with E-state index in [1.807, 2.05) is 0 Å². The van der Waals surface area contributed by atoms with Crippen LogP contribution in [0.3, 0.4) is 0 Å². The van der Waals surface area contributed by atoms with Gasteiger partial charge in [0, 0.05) is 33.4 Å². The largest absolute Gasteiger partial charge is 0.398 e. The normalized spacial score (nSPS) is 10.8. The molecule has 0 fully saturated rings. The zero-order valence-electron chi connectivity index (χ0n) is 11.9. The summed E-state index contributed by atoms with van der Waals surface area (Å²) in [6.45, 7) is 1.62. The molecule has 22 heavy (non-hydrogen) atoms. The second kappa shape index (κ2) is 5.11. The van der Waals surface area contributed by atoms with Crippen molar-refractivity contribution in [2.45, 2.75) is 6.92 Å². The zero-order chi connectivity index (χ0) is 15.9. The molecule has 0 radical (unpaired) electrons. The number of carbonyl (C=O) groups is 1. The molecule has 110 valence electrons. The van der Waals surface area contributed by atoms with Crippen LogP contribution in [-0.4, -0.2) is 16.5 Å². The number of nitrogens with two attached hydrogens (primary N) is 1. The summed E-state index contributed by atoms with van der Waals surface area (Å²) < 4.78 is 13.2. The third-order valence-corrected chi connectivity index (χ3v) is 3.55. The number of anilines is 1. The van der Waals surface area contributed by atoms with Gasteiger partial charge in [0.2, 0.25) is 5.78 Å². The molecule has 0 saturated heterocycles. The van der Waals surface area contributed by atoms with Crippen LogP contribution in [0.1, 0.15) is 28.5 Å². The second-order valence-corrected chi connectivity index (χ2v) is 5.17. The molecule has 0 spiro atoms. The number of nitrogens with one attached hydrogen (secondary N) is 2. The van der Waals surface area contributed by atoms with Gasteiger partial charge in [0.05, 0.1) is 5.69 Å². The molecule has 0 amide bonds. The number of aromatic amines is 1. The first-order valence-corrected chi connectivity index (χ1v) is 6.74. The molecule has 4 N–H and O–H groups in total. The fourth-order valence-electron chi connectivity index (χ4n) is 2.40. The number of hydrogen-bond acceptors (Lipinski definition) is 3. The molecular weight excluding hydrogens is 281 g/mol. The monoisotopic (exact) mass is 295 g/mol. The lowest BCUT2D eigenvalue weighted by Gasteiger charge is -2.06. The molecule has 3 rings (SSSR count). The van der Waals surface area contributed by atoms with Gasteiger partial charge in [0.25, 0.3) is 0 Å². The van der Waals surface area contributed by atoms with E-state index in [1.54, 1.807) is 37.3 Å². The highest BCUT2D eigenvalue weighted by Crippen LogP contribution is 2.21. The topological polar surface area (TPSA) is 82.7 Å². The SMILES string of the molecule is CC(=N)c1cc(C(=O)c2cc3cc(F)ccc3[nH]2)ccc1N. The van der Waals surface area contributed by atoms with Crippen molar-refractivity contribution >= 4 is 28.1 Å². The highest BCUT2D eigenvalue weighted by molar-refractivity contribution is 6.12.